The van der Waals surface area contributed by atoms with Gasteiger partial charge in [0.2, 0.25) is 5.91 Å². The third kappa shape index (κ3) is 7.37. The van der Waals surface area contributed by atoms with E-state index in [1.165, 1.54) is 53.2 Å². The summed E-state index contributed by atoms with van der Waals surface area (Å²) in [5.41, 5.74) is -0.430. The van der Waals surface area contributed by atoms with Crippen LogP contribution < -0.4 is 10.6 Å². The molecule has 0 spiro atoms. The Balaban J connectivity index is 1.10. The maximum Gasteiger partial charge on any atom is 0.435 e. The summed E-state index contributed by atoms with van der Waals surface area (Å²) in [7, 11) is 3.08. The second-order valence-corrected chi connectivity index (χ2v) is 12.7. The van der Waals surface area contributed by atoms with Crippen molar-refractivity contribution in [2.24, 2.45) is 13.0 Å². The van der Waals surface area contributed by atoms with Crippen LogP contribution in [0.15, 0.2) is 48.9 Å². The van der Waals surface area contributed by atoms with Gasteiger partial charge in [-0.2, -0.15) is 18.3 Å². The van der Waals surface area contributed by atoms with Crippen molar-refractivity contribution in [2.75, 3.05) is 56.9 Å². The first-order valence-corrected chi connectivity index (χ1v) is 16.6. The van der Waals surface area contributed by atoms with E-state index in [0.29, 0.717) is 44.7 Å². The number of piperazine rings is 1. The van der Waals surface area contributed by atoms with E-state index in [0.717, 1.165) is 10.9 Å². The molecule has 0 radical (unpaired) electrons. The van der Waals surface area contributed by atoms with Gasteiger partial charge >= 0.3 is 12.3 Å². The van der Waals surface area contributed by atoms with Crippen LogP contribution in [0.2, 0.25) is 5.02 Å². The van der Waals surface area contributed by atoms with Crippen molar-refractivity contribution < 1.29 is 37.5 Å². The molecule has 4 amide bonds. The number of benzene rings is 1. The topological polar surface area (TPSA) is 171 Å². The molecule has 2 aliphatic rings. The Bertz CT molecular complexity index is 2000. The number of carbonyl (C=O) groups excluding carboxylic acids is 3. The lowest BCUT2D eigenvalue weighted by Crippen LogP contribution is -2.53. The van der Waals surface area contributed by atoms with Crippen LogP contribution in [0.4, 0.5) is 29.3 Å². The van der Waals surface area contributed by atoms with Gasteiger partial charge in [-0.3, -0.25) is 14.4 Å². The second kappa shape index (κ2) is 14.5. The number of hydrogen-bond acceptors (Lipinski definition) is 8. The number of carboxylic acid groups (broad SMARTS) is 1. The van der Waals surface area contributed by atoms with Crippen LogP contribution in [0.25, 0.3) is 17.1 Å². The van der Waals surface area contributed by atoms with Crippen LogP contribution in [-0.2, 0) is 18.0 Å². The number of amides is 4. The molecule has 0 unspecified atom stereocenters. The van der Waals surface area contributed by atoms with Crippen LogP contribution >= 0.6 is 11.6 Å². The third-order valence-electron chi connectivity index (χ3n) is 9.17. The van der Waals surface area contributed by atoms with E-state index >= 15 is 0 Å². The lowest BCUT2D eigenvalue weighted by molar-refractivity contribution is -0.141. The molecular formula is C33H34ClF3N10O5. The van der Waals surface area contributed by atoms with Gasteiger partial charge in [-0.05, 0) is 43.2 Å². The van der Waals surface area contributed by atoms with E-state index in [1.807, 2.05) is 0 Å². The molecule has 274 valence electrons. The first-order valence-electron chi connectivity index (χ1n) is 16.2. The summed E-state index contributed by atoms with van der Waals surface area (Å²) >= 11 is 6.48. The fourth-order valence-electron chi connectivity index (χ4n) is 6.26. The van der Waals surface area contributed by atoms with Gasteiger partial charge in [-0.25, -0.2) is 19.4 Å². The van der Waals surface area contributed by atoms with E-state index in [9.17, 15) is 32.3 Å². The number of carbonyl (C=O) groups is 4. The van der Waals surface area contributed by atoms with Crippen molar-refractivity contribution in [3.63, 3.8) is 0 Å². The van der Waals surface area contributed by atoms with Gasteiger partial charge in [-0.15, -0.1) is 0 Å². The zero-order valence-electron chi connectivity index (χ0n) is 28.0. The van der Waals surface area contributed by atoms with E-state index < -0.39 is 23.9 Å². The van der Waals surface area contributed by atoms with Crippen LogP contribution in [0.5, 0.6) is 0 Å². The van der Waals surface area contributed by atoms with E-state index in [2.05, 4.69) is 25.7 Å². The molecule has 0 bridgehead atoms. The number of rotatable bonds is 7. The largest absolute Gasteiger partial charge is 0.465 e. The smallest absolute Gasteiger partial charge is 0.435 e. The normalized spacial score (nSPS) is 15.5. The van der Waals surface area contributed by atoms with Gasteiger partial charge in [-0.1, -0.05) is 11.6 Å². The fraction of sp³-hybridized carbons (Fsp3) is 0.364. The number of hydrogen-bond donors (Lipinski definition) is 3. The summed E-state index contributed by atoms with van der Waals surface area (Å²) < 4.78 is 44.4. The van der Waals surface area contributed by atoms with Crippen LogP contribution in [0.1, 0.15) is 39.5 Å². The molecule has 3 N–H and O–H groups in total. The number of likely N-dealkylation sites (tertiary alicyclic amines) is 1. The van der Waals surface area contributed by atoms with Crippen LogP contribution in [-0.4, -0.2) is 114 Å². The molecule has 52 heavy (non-hydrogen) atoms. The number of nitrogens with zero attached hydrogens (tertiary/aromatic N) is 8. The summed E-state index contributed by atoms with van der Waals surface area (Å²) in [5, 5.41) is 18.5. The van der Waals surface area contributed by atoms with Crippen LogP contribution in [0.3, 0.4) is 0 Å². The van der Waals surface area contributed by atoms with E-state index in [4.69, 9.17) is 16.7 Å². The highest BCUT2D eigenvalue weighted by Crippen LogP contribution is 2.37. The minimum absolute atomic E-state index is 0.0140. The minimum atomic E-state index is -4.82. The molecule has 4 aromatic rings. The zero-order valence-corrected chi connectivity index (χ0v) is 28.8. The Morgan fingerprint density at radius 2 is 1.58 bits per heavy atom. The average molecular weight is 743 g/mol. The summed E-state index contributed by atoms with van der Waals surface area (Å²) in [6.07, 6.45) is -1.13. The molecule has 2 saturated heterocycles. The molecule has 2 aliphatic heterocycles. The molecule has 3 aromatic heterocycles. The highest BCUT2D eigenvalue weighted by atomic mass is 35.5. The molecule has 6 rings (SSSR count). The number of nitrogens with one attached hydrogen (secondary N) is 2. The molecular weight excluding hydrogens is 709 g/mol. The number of imidazole rings is 1. The lowest BCUT2D eigenvalue weighted by atomic mass is 9.95. The summed E-state index contributed by atoms with van der Waals surface area (Å²) in [4.78, 5) is 63.6. The molecule has 5 heterocycles. The standard InChI is InChI=1S/C33H34ClF3N10O5/c1-38-21-4-6-26(39-16-21)47-18-23(27(42-47)33(35,36)37)25-17-40-28(43(25)2)29(48)41-20-3-5-22(24(34)15-20)31(50)45-13-11-44(12-14-45)30(49)19-7-9-46(10-8-19)32(51)52/h3-6,15-19,38H,7-14H2,1-2H3,(H,41,48)(H,51,52). The fourth-order valence-corrected chi connectivity index (χ4v) is 6.52. The Morgan fingerprint density at radius 3 is 2.17 bits per heavy atom. The zero-order chi connectivity index (χ0) is 37.3. The number of pyridine rings is 1. The van der Waals surface area contributed by atoms with Crippen molar-refractivity contribution in [2.45, 2.75) is 19.0 Å². The molecule has 0 aliphatic carbocycles. The predicted octanol–water partition coefficient (Wildman–Crippen LogP) is 4.31. The Morgan fingerprint density at radius 1 is 0.904 bits per heavy atom. The first-order chi connectivity index (χ1) is 24.7. The highest BCUT2D eigenvalue weighted by Gasteiger charge is 2.39. The molecule has 0 saturated carbocycles. The summed E-state index contributed by atoms with van der Waals surface area (Å²) in [6, 6.07) is 7.47. The van der Waals surface area contributed by atoms with Gasteiger partial charge in [0, 0.05) is 71.2 Å². The maximum absolute atomic E-state index is 14.1. The monoisotopic (exact) mass is 742 g/mol. The number of halogens is 4. The number of piperidine rings is 1. The highest BCUT2D eigenvalue weighted by molar-refractivity contribution is 6.34. The van der Waals surface area contributed by atoms with E-state index in [-0.39, 0.29) is 70.0 Å². The number of anilines is 2. The van der Waals surface area contributed by atoms with Gasteiger partial charge in [0.05, 0.1) is 39.9 Å². The van der Waals surface area contributed by atoms with Crippen LogP contribution in [0, 0.1) is 5.92 Å². The second-order valence-electron chi connectivity index (χ2n) is 12.3. The van der Waals surface area contributed by atoms with Crippen molar-refractivity contribution >= 4 is 46.8 Å². The van der Waals surface area contributed by atoms with Crippen molar-refractivity contribution in [1.82, 2.24) is 39.0 Å². The Kier molecular flexibility index (Phi) is 10.1. The van der Waals surface area contributed by atoms with Crippen molar-refractivity contribution in [1.29, 1.82) is 0 Å². The van der Waals surface area contributed by atoms with Crippen molar-refractivity contribution in [3.8, 4) is 17.1 Å². The van der Waals surface area contributed by atoms with Gasteiger partial charge in [0.25, 0.3) is 11.8 Å². The maximum atomic E-state index is 14.1. The van der Waals surface area contributed by atoms with E-state index in [1.54, 1.807) is 22.9 Å². The number of alkyl halides is 3. The first kappa shape index (κ1) is 36.2. The summed E-state index contributed by atoms with van der Waals surface area (Å²) in [6.45, 7) is 1.83. The van der Waals surface area contributed by atoms with Gasteiger partial charge < -0.3 is 35.0 Å². The molecule has 1 aromatic carbocycles. The Labute approximate surface area is 300 Å². The van der Waals surface area contributed by atoms with Gasteiger partial charge in [0.15, 0.2) is 17.3 Å². The number of aromatic nitrogens is 5. The Hall–Kier alpha value is -5.65. The van der Waals surface area contributed by atoms with Crippen molar-refractivity contribution in [3.05, 3.63) is 71.0 Å². The quantitative estimate of drug-likeness (QED) is 0.250. The predicted molar refractivity (Wildman–Crippen MR) is 182 cm³/mol. The molecule has 19 heteroatoms. The molecule has 15 nitrogen and oxygen atoms in total. The average Bonchev–Trinajstić information content (AvgIpc) is 3.75. The molecule has 0 atom stereocenters. The third-order valence-corrected chi connectivity index (χ3v) is 9.48. The van der Waals surface area contributed by atoms with Gasteiger partial charge in [0.1, 0.15) is 0 Å². The molecule has 2 fully saturated rings. The SMILES string of the molecule is CNc1ccc(-n2cc(-c3cnc(C(=O)Nc4ccc(C(=O)N5CCN(C(=O)C6CCN(C(=O)O)CC6)CC5)c(Cl)c4)n3C)c(C(F)(F)F)n2)nc1. The minimum Gasteiger partial charge on any atom is -0.465 e. The lowest BCUT2D eigenvalue weighted by Gasteiger charge is -2.38. The summed E-state index contributed by atoms with van der Waals surface area (Å²) in [5.74, 6) is -1.43.